The summed E-state index contributed by atoms with van der Waals surface area (Å²) in [6.07, 6.45) is 3.19. The number of benzene rings is 2. The topological polar surface area (TPSA) is 75.7 Å². The molecule has 2 aromatic heterocycles. The highest BCUT2D eigenvalue weighted by Gasteiger charge is 2.23. The quantitative estimate of drug-likeness (QED) is 0.407. The third-order valence-electron chi connectivity index (χ3n) is 5.69. The Balaban J connectivity index is 1.23. The second-order valence-electron chi connectivity index (χ2n) is 7.73. The van der Waals surface area contributed by atoms with E-state index in [1.165, 1.54) is 51.1 Å². The van der Waals surface area contributed by atoms with Crippen molar-refractivity contribution in [2.24, 2.45) is 0 Å². The zero-order valence-corrected chi connectivity index (χ0v) is 18.8. The van der Waals surface area contributed by atoms with E-state index in [2.05, 4.69) is 10.2 Å². The Morgan fingerprint density at radius 2 is 1.68 bits per heavy atom. The molecule has 1 fully saturated rings. The minimum atomic E-state index is -0.399. The van der Waals surface area contributed by atoms with Crippen molar-refractivity contribution < 1.29 is 13.6 Å². The first-order valence-corrected chi connectivity index (χ1v) is 11.6. The molecule has 0 aliphatic carbocycles. The van der Waals surface area contributed by atoms with Crippen molar-refractivity contribution in [1.82, 2.24) is 24.1 Å². The lowest BCUT2D eigenvalue weighted by Crippen LogP contribution is -2.49. The predicted octanol–water partition coefficient (Wildman–Crippen LogP) is 2.60. The average Bonchev–Trinajstić information content (AvgIpc) is 3.28. The molecule has 1 aliphatic rings. The zero-order valence-electron chi connectivity index (χ0n) is 18.0. The summed E-state index contributed by atoms with van der Waals surface area (Å²) in [6.45, 7) is 2.09. The van der Waals surface area contributed by atoms with Gasteiger partial charge in [-0.3, -0.25) is 18.6 Å². The van der Waals surface area contributed by atoms with Gasteiger partial charge in [0, 0.05) is 44.3 Å². The van der Waals surface area contributed by atoms with Crippen LogP contribution in [0.4, 0.5) is 14.5 Å². The number of halogens is 2. The fourth-order valence-electron chi connectivity index (χ4n) is 3.89. The molecule has 11 heteroatoms. The number of amides is 1. The molecule has 0 spiro atoms. The summed E-state index contributed by atoms with van der Waals surface area (Å²) in [4.78, 5) is 29.2. The highest BCUT2D eigenvalue weighted by Crippen LogP contribution is 2.21. The van der Waals surface area contributed by atoms with Gasteiger partial charge in [-0.05, 0) is 36.4 Å². The van der Waals surface area contributed by atoms with Crippen LogP contribution in [-0.4, -0.2) is 61.9 Å². The van der Waals surface area contributed by atoms with E-state index < -0.39 is 11.4 Å². The standard InChI is InChI=1S/C23H20F2N6O2S/c24-16-5-7-17(8-6-16)30-13-14-31-21(22(30)33)26-27-23(31)34-15-20(32)29-11-9-28(10-12-29)19-4-2-1-3-18(19)25/h1-8,13-14H,9-12,15H2. The van der Waals surface area contributed by atoms with Gasteiger partial charge in [0.1, 0.15) is 11.6 Å². The number of hydrogen-bond acceptors (Lipinski definition) is 6. The lowest BCUT2D eigenvalue weighted by atomic mass is 10.2. The third kappa shape index (κ3) is 4.26. The number of carbonyl (C=O) groups excluding carboxylic acids is 1. The van der Waals surface area contributed by atoms with Crippen LogP contribution in [0.2, 0.25) is 0 Å². The van der Waals surface area contributed by atoms with Gasteiger partial charge in [-0.2, -0.15) is 0 Å². The number of rotatable bonds is 5. The van der Waals surface area contributed by atoms with Crippen LogP contribution in [0.5, 0.6) is 0 Å². The third-order valence-corrected chi connectivity index (χ3v) is 6.62. The van der Waals surface area contributed by atoms with Crippen LogP contribution in [0.15, 0.2) is 70.9 Å². The lowest BCUT2D eigenvalue weighted by molar-refractivity contribution is -0.128. The summed E-state index contributed by atoms with van der Waals surface area (Å²) >= 11 is 1.20. The molecule has 0 unspecified atom stereocenters. The zero-order chi connectivity index (χ0) is 23.7. The summed E-state index contributed by atoms with van der Waals surface area (Å²) in [6, 6.07) is 12.2. The van der Waals surface area contributed by atoms with E-state index >= 15 is 0 Å². The van der Waals surface area contributed by atoms with E-state index in [0.717, 1.165) is 0 Å². The van der Waals surface area contributed by atoms with E-state index in [1.807, 2.05) is 4.90 Å². The first-order valence-electron chi connectivity index (χ1n) is 10.6. The molecule has 0 saturated carbocycles. The lowest BCUT2D eigenvalue weighted by Gasteiger charge is -2.36. The second kappa shape index (κ2) is 9.26. The maximum atomic E-state index is 14.0. The Morgan fingerprint density at radius 3 is 2.41 bits per heavy atom. The highest BCUT2D eigenvalue weighted by atomic mass is 32.2. The number of piperazine rings is 1. The van der Waals surface area contributed by atoms with Crippen molar-refractivity contribution in [3.8, 4) is 5.69 Å². The van der Waals surface area contributed by atoms with E-state index in [0.29, 0.717) is 42.7 Å². The fourth-order valence-corrected chi connectivity index (χ4v) is 4.71. The summed E-state index contributed by atoms with van der Waals surface area (Å²) in [5.74, 6) is -0.580. The van der Waals surface area contributed by atoms with Gasteiger partial charge in [0.15, 0.2) is 5.16 Å². The van der Waals surface area contributed by atoms with Gasteiger partial charge in [-0.15, -0.1) is 10.2 Å². The maximum absolute atomic E-state index is 14.0. The van der Waals surface area contributed by atoms with Crippen LogP contribution < -0.4 is 10.5 Å². The summed E-state index contributed by atoms with van der Waals surface area (Å²) in [5.41, 5.74) is 0.769. The van der Waals surface area contributed by atoms with Crippen molar-refractivity contribution in [2.75, 3.05) is 36.8 Å². The van der Waals surface area contributed by atoms with E-state index in [-0.39, 0.29) is 23.1 Å². The van der Waals surface area contributed by atoms with Crippen molar-refractivity contribution >= 4 is 29.0 Å². The van der Waals surface area contributed by atoms with Crippen molar-refractivity contribution in [3.05, 3.63) is 82.9 Å². The van der Waals surface area contributed by atoms with E-state index in [1.54, 1.807) is 35.5 Å². The van der Waals surface area contributed by atoms with Gasteiger partial charge < -0.3 is 9.80 Å². The summed E-state index contributed by atoms with van der Waals surface area (Å²) in [5, 5.41) is 8.47. The van der Waals surface area contributed by atoms with E-state index in [4.69, 9.17) is 0 Å². The first kappa shape index (κ1) is 22.1. The Hall–Kier alpha value is -3.73. The fraction of sp³-hybridized carbons (Fsp3) is 0.217. The molecule has 0 atom stereocenters. The molecule has 1 amide bonds. The smallest absolute Gasteiger partial charge is 0.300 e. The number of para-hydroxylation sites is 1. The largest absolute Gasteiger partial charge is 0.366 e. The van der Waals surface area contributed by atoms with Crippen LogP contribution in [0.3, 0.4) is 0 Å². The monoisotopic (exact) mass is 482 g/mol. The van der Waals surface area contributed by atoms with Gasteiger partial charge in [0.05, 0.1) is 11.4 Å². The number of nitrogens with zero attached hydrogens (tertiary/aromatic N) is 6. The van der Waals surface area contributed by atoms with Crippen molar-refractivity contribution in [1.29, 1.82) is 0 Å². The molecule has 0 N–H and O–H groups in total. The number of thioether (sulfide) groups is 1. The molecule has 3 heterocycles. The molecule has 4 aromatic rings. The van der Waals surface area contributed by atoms with Gasteiger partial charge in [0.25, 0.3) is 0 Å². The highest BCUT2D eigenvalue weighted by molar-refractivity contribution is 7.99. The minimum absolute atomic E-state index is 0.0606. The molecule has 8 nitrogen and oxygen atoms in total. The van der Waals surface area contributed by atoms with Gasteiger partial charge in [-0.1, -0.05) is 23.9 Å². The molecule has 34 heavy (non-hydrogen) atoms. The van der Waals surface area contributed by atoms with Crippen molar-refractivity contribution in [2.45, 2.75) is 5.16 Å². The minimum Gasteiger partial charge on any atom is -0.366 e. The number of anilines is 1. The average molecular weight is 483 g/mol. The van der Waals surface area contributed by atoms with Crippen LogP contribution >= 0.6 is 11.8 Å². The SMILES string of the molecule is O=C(CSc1nnc2c(=O)n(-c3ccc(F)cc3)ccn12)N1CCN(c2ccccc2F)CC1. The maximum Gasteiger partial charge on any atom is 0.300 e. The van der Waals surface area contributed by atoms with Crippen LogP contribution in [-0.2, 0) is 4.79 Å². The normalized spacial score (nSPS) is 14.1. The number of hydrogen-bond donors (Lipinski definition) is 0. The Morgan fingerprint density at radius 1 is 0.941 bits per heavy atom. The van der Waals surface area contributed by atoms with E-state index in [9.17, 15) is 18.4 Å². The Labute approximate surface area is 197 Å². The number of fused-ring (bicyclic) bond motifs is 1. The van der Waals surface area contributed by atoms with Crippen LogP contribution in [0.25, 0.3) is 11.3 Å². The summed E-state index contributed by atoms with van der Waals surface area (Å²) < 4.78 is 30.1. The molecule has 5 rings (SSSR count). The predicted molar refractivity (Wildman–Crippen MR) is 124 cm³/mol. The van der Waals surface area contributed by atoms with Crippen LogP contribution in [0, 0.1) is 11.6 Å². The molecule has 1 saturated heterocycles. The van der Waals surface area contributed by atoms with Gasteiger partial charge >= 0.3 is 5.56 Å². The Kier molecular flexibility index (Phi) is 6.01. The molecular weight excluding hydrogens is 462 g/mol. The van der Waals surface area contributed by atoms with Gasteiger partial charge in [-0.25, -0.2) is 8.78 Å². The molecule has 174 valence electrons. The molecule has 0 bridgehead atoms. The molecule has 2 aromatic carbocycles. The number of carbonyl (C=O) groups is 1. The molecule has 0 radical (unpaired) electrons. The number of aromatic nitrogens is 4. The molecule has 1 aliphatic heterocycles. The summed E-state index contributed by atoms with van der Waals surface area (Å²) in [7, 11) is 0. The van der Waals surface area contributed by atoms with Crippen LogP contribution in [0.1, 0.15) is 0 Å². The second-order valence-corrected chi connectivity index (χ2v) is 8.68. The Bertz CT molecular complexity index is 1400. The molecular formula is C23H20F2N6O2S. The van der Waals surface area contributed by atoms with Crippen molar-refractivity contribution in [3.63, 3.8) is 0 Å². The first-order chi connectivity index (χ1) is 16.5. The van der Waals surface area contributed by atoms with Gasteiger partial charge in [0.2, 0.25) is 11.6 Å².